The Hall–Kier alpha value is -0.640. The van der Waals surface area contributed by atoms with Crippen LogP contribution in [0.4, 0.5) is 5.95 Å². The molecular weight excluding hydrogens is 362 g/mol. The first-order chi connectivity index (χ1) is 11.8. The summed E-state index contributed by atoms with van der Waals surface area (Å²) < 4.78 is 0.949. The Bertz CT molecular complexity index is 378. The Balaban J connectivity index is 2.34. The molecule has 0 amide bonds. The van der Waals surface area contributed by atoms with Gasteiger partial charge in [-0.3, -0.25) is 0 Å². The van der Waals surface area contributed by atoms with Crippen molar-refractivity contribution < 1.29 is 0 Å². The molecule has 0 aliphatic rings. The first kappa shape index (κ1) is 21.4. The molecule has 1 heterocycles. The average molecular weight is 398 g/mol. The number of hydrogen-bond donors (Lipinski definition) is 0. The molecular formula is C20H36BrN3. The summed E-state index contributed by atoms with van der Waals surface area (Å²) in [4.78, 5) is 11.4. The van der Waals surface area contributed by atoms with Gasteiger partial charge in [0, 0.05) is 25.5 Å². The number of hydrogen-bond acceptors (Lipinski definition) is 3. The number of aromatic nitrogens is 2. The molecule has 0 aromatic carbocycles. The van der Waals surface area contributed by atoms with Gasteiger partial charge in [0.15, 0.2) is 0 Å². The van der Waals surface area contributed by atoms with Crippen LogP contribution in [-0.4, -0.2) is 23.1 Å². The van der Waals surface area contributed by atoms with Gasteiger partial charge in [0.1, 0.15) is 0 Å². The fourth-order valence-corrected chi connectivity index (χ4v) is 3.15. The van der Waals surface area contributed by atoms with Gasteiger partial charge in [0.05, 0.1) is 4.47 Å². The van der Waals surface area contributed by atoms with Crippen LogP contribution in [0, 0.1) is 0 Å². The van der Waals surface area contributed by atoms with E-state index in [1.54, 1.807) is 0 Å². The van der Waals surface area contributed by atoms with Gasteiger partial charge < -0.3 is 4.90 Å². The smallest absolute Gasteiger partial charge is 0.225 e. The lowest BCUT2D eigenvalue weighted by atomic mass is 10.1. The second-order valence-corrected chi connectivity index (χ2v) is 7.64. The summed E-state index contributed by atoms with van der Waals surface area (Å²) in [6, 6.07) is 0. The maximum Gasteiger partial charge on any atom is 0.225 e. The standard InChI is InChI=1S/C20H36BrN3/c1-3-5-7-9-11-13-15-24(16-14-12-10-8-6-4-2)20-22-17-19(21)18-23-20/h17-18H,3-16H2,1-2H3. The molecule has 0 N–H and O–H groups in total. The third kappa shape index (κ3) is 10.3. The maximum atomic E-state index is 4.50. The Kier molecular flexibility index (Phi) is 13.1. The van der Waals surface area contributed by atoms with Gasteiger partial charge in [0.2, 0.25) is 5.95 Å². The maximum absolute atomic E-state index is 4.50. The van der Waals surface area contributed by atoms with Crippen molar-refractivity contribution >= 4 is 21.9 Å². The summed E-state index contributed by atoms with van der Waals surface area (Å²) in [6.07, 6.45) is 19.7. The van der Waals surface area contributed by atoms with Crippen molar-refractivity contribution in [3.63, 3.8) is 0 Å². The Labute approximate surface area is 157 Å². The molecule has 0 saturated carbocycles. The molecule has 0 saturated heterocycles. The van der Waals surface area contributed by atoms with Gasteiger partial charge in [-0.25, -0.2) is 9.97 Å². The Morgan fingerprint density at radius 3 is 1.58 bits per heavy atom. The van der Waals surface area contributed by atoms with Crippen LogP contribution in [0.5, 0.6) is 0 Å². The topological polar surface area (TPSA) is 29.0 Å². The second-order valence-electron chi connectivity index (χ2n) is 6.72. The molecule has 0 spiro atoms. The third-order valence-electron chi connectivity index (χ3n) is 4.45. The summed E-state index contributed by atoms with van der Waals surface area (Å²) >= 11 is 3.43. The van der Waals surface area contributed by atoms with Gasteiger partial charge >= 0.3 is 0 Å². The average Bonchev–Trinajstić information content (AvgIpc) is 2.60. The highest BCUT2D eigenvalue weighted by atomic mass is 79.9. The predicted octanol–water partition coefficient (Wildman–Crippen LogP) is 6.77. The zero-order valence-electron chi connectivity index (χ0n) is 15.8. The van der Waals surface area contributed by atoms with Gasteiger partial charge in [-0.1, -0.05) is 78.1 Å². The third-order valence-corrected chi connectivity index (χ3v) is 4.86. The number of unbranched alkanes of at least 4 members (excludes halogenated alkanes) is 10. The molecule has 0 aliphatic heterocycles. The van der Waals surface area contributed by atoms with E-state index in [-0.39, 0.29) is 0 Å². The first-order valence-electron chi connectivity index (χ1n) is 10.0. The van der Waals surface area contributed by atoms with Crippen LogP contribution in [0.3, 0.4) is 0 Å². The lowest BCUT2D eigenvalue weighted by Gasteiger charge is -2.22. The zero-order chi connectivity index (χ0) is 17.5. The van der Waals surface area contributed by atoms with E-state index < -0.39 is 0 Å². The molecule has 138 valence electrons. The van der Waals surface area contributed by atoms with Gasteiger partial charge in [0.25, 0.3) is 0 Å². The Morgan fingerprint density at radius 1 is 0.708 bits per heavy atom. The van der Waals surface area contributed by atoms with Crippen LogP contribution in [-0.2, 0) is 0 Å². The largest absolute Gasteiger partial charge is 0.341 e. The molecule has 24 heavy (non-hydrogen) atoms. The van der Waals surface area contributed by atoms with E-state index in [2.05, 4.69) is 44.6 Å². The highest BCUT2D eigenvalue weighted by Gasteiger charge is 2.09. The van der Waals surface area contributed by atoms with E-state index in [0.717, 1.165) is 23.5 Å². The van der Waals surface area contributed by atoms with E-state index >= 15 is 0 Å². The second kappa shape index (κ2) is 14.7. The summed E-state index contributed by atoms with van der Waals surface area (Å²) in [6.45, 7) is 6.71. The van der Waals surface area contributed by atoms with Crippen LogP contribution < -0.4 is 4.90 Å². The zero-order valence-corrected chi connectivity index (χ0v) is 17.4. The molecule has 0 atom stereocenters. The molecule has 3 nitrogen and oxygen atoms in total. The van der Waals surface area contributed by atoms with E-state index in [1.165, 1.54) is 77.0 Å². The lowest BCUT2D eigenvalue weighted by Crippen LogP contribution is -2.27. The number of rotatable bonds is 15. The highest BCUT2D eigenvalue weighted by Crippen LogP contribution is 2.15. The molecule has 0 unspecified atom stereocenters. The fraction of sp³-hybridized carbons (Fsp3) is 0.800. The van der Waals surface area contributed by atoms with Crippen molar-refractivity contribution in [2.75, 3.05) is 18.0 Å². The monoisotopic (exact) mass is 397 g/mol. The minimum absolute atomic E-state index is 0.889. The van der Waals surface area contributed by atoms with Crippen molar-refractivity contribution in [3.05, 3.63) is 16.9 Å². The van der Waals surface area contributed by atoms with E-state index in [0.29, 0.717) is 0 Å². The minimum atomic E-state index is 0.889. The van der Waals surface area contributed by atoms with Crippen molar-refractivity contribution in [1.29, 1.82) is 0 Å². The molecule has 1 rings (SSSR count). The number of halogens is 1. The molecule has 0 fully saturated rings. The lowest BCUT2D eigenvalue weighted by molar-refractivity contribution is 0.570. The van der Waals surface area contributed by atoms with Gasteiger partial charge in [-0.15, -0.1) is 0 Å². The van der Waals surface area contributed by atoms with Crippen molar-refractivity contribution in [2.45, 2.75) is 90.9 Å². The van der Waals surface area contributed by atoms with Crippen LogP contribution in [0.1, 0.15) is 90.9 Å². The van der Waals surface area contributed by atoms with Crippen LogP contribution in [0.25, 0.3) is 0 Å². The first-order valence-corrected chi connectivity index (χ1v) is 10.8. The SMILES string of the molecule is CCCCCCCCN(CCCCCCCC)c1ncc(Br)cn1. The molecule has 4 heteroatoms. The normalized spacial score (nSPS) is 11.0. The van der Waals surface area contributed by atoms with E-state index in [1.807, 2.05) is 12.4 Å². The molecule has 1 aromatic heterocycles. The summed E-state index contributed by atoms with van der Waals surface area (Å²) in [5.41, 5.74) is 0. The van der Waals surface area contributed by atoms with Crippen molar-refractivity contribution in [2.24, 2.45) is 0 Å². The van der Waals surface area contributed by atoms with Gasteiger partial charge in [-0.2, -0.15) is 0 Å². The highest BCUT2D eigenvalue weighted by molar-refractivity contribution is 9.10. The molecule has 0 bridgehead atoms. The number of anilines is 1. The van der Waals surface area contributed by atoms with E-state index in [4.69, 9.17) is 0 Å². The van der Waals surface area contributed by atoms with Crippen molar-refractivity contribution in [3.8, 4) is 0 Å². The minimum Gasteiger partial charge on any atom is -0.341 e. The van der Waals surface area contributed by atoms with E-state index in [9.17, 15) is 0 Å². The van der Waals surface area contributed by atoms with Crippen LogP contribution in [0.2, 0.25) is 0 Å². The van der Waals surface area contributed by atoms with Gasteiger partial charge in [-0.05, 0) is 28.8 Å². The van der Waals surface area contributed by atoms with Crippen LogP contribution in [0.15, 0.2) is 16.9 Å². The summed E-state index contributed by atoms with van der Waals surface area (Å²) in [7, 11) is 0. The quantitative estimate of drug-likeness (QED) is 0.305. The Morgan fingerprint density at radius 2 is 1.12 bits per heavy atom. The summed E-state index contributed by atoms with van der Waals surface area (Å²) in [5.74, 6) is 0.889. The van der Waals surface area contributed by atoms with Crippen LogP contribution >= 0.6 is 15.9 Å². The fourth-order valence-electron chi connectivity index (χ4n) is 2.95. The molecule has 1 aromatic rings. The number of nitrogens with zero attached hydrogens (tertiary/aromatic N) is 3. The molecule has 0 radical (unpaired) electrons. The predicted molar refractivity (Wildman–Crippen MR) is 109 cm³/mol. The van der Waals surface area contributed by atoms with Crippen molar-refractivity contribution in [1.82, 2.24) is 9.97 Å². The summed E-state index contributed by atoms with van der Waals surface area (Å²) in [5, 5.41) is 0. The molecule has 0 aliphatic carbocycles.